The second-order valence-electron chi connectivity index (χ2n) is 3.55. The topological polar surface area (TPSA) is 31.4 Å². The van der Waals surface area contributed by atoms with Gasteiger partial charge in [-0.15, -0.1) is 17.0 Å². The van der Waals surface area contributed by atoms with Crippen molar-refractivity contribution in [1.29, 1.82) is 0 Å². The number of benzene rings is 1. The first-order valence-corrected chi connectivity index (χ1v) is 5.66. The van der Waals surface area contributed by atoms with Gasteiger partial charge in [-0.25, -0.2) is 0 Å². The fourth-order valence-electron chi connectivity index (χ4n) is 1.39. The lowest BCUT2D eigenvalue weighted by Gasteiger charge is -2.07. The molecule has 0 fully saturated rings. The molecule has 0 bridgehead atoms. The molecule has 1 aromatic carbocycles. The van der Waals surface area contributed by atoms with E-state index in [4.69, 9.17) is 9.47 Å². The zero-order valence-electron chi connectivity index (χ0n) is 9.99. The summed E-state index contributed by atoms with van der Waals surface area (Å²) < 4.78 is 11.0. The SMILES string of the molecule is Br.c1ccc(OCCCOc2cccnc2)cc1. The fourth-order valence-corrected chi connectivity index (χ4v) is 1.39. The van der Waals surface area contributed by atoms with Crippen molar-refractivity contribution in [2.75, 3.05) is 13.2 Å². The van der Waals surface area contributed by atoms with Crippen LogP contribution in [-0.2, 0) is 0 Å². The van der Waals surface area contributed by atoms with Crippen molar-refractivity contribution < 1.29 is 9.47 Å². The summed E-state index contributed by atoms with van der Waals surface area (Å²) in [5, 5.41) is 0. The monoisotopic (exact) mass is 309 g/mol. The molecule has 1 heterocycles. The van der Waals surface area contributed by atoms with Crippen molar-refractivity contribution in [2.45, 2.75) is 6.42 Å². The number of rotatable bonds is 6. The zero-order valence-corrected chi connectivity index (χ0v) is 11.7. The van der Waals surface area contributed by atoms with E-state index in [1.54, 1.807) is 12.4 Å². The van der Waals surface area contributed by atoms with Gasteiger partial charge in [0.2, 0.25) is 0 Å². The summed E-state index contributed by atoms with van der Waals surface area (Å²) in [6.45, 7) is 1.29. The van der Waals surface area contributed by atoms with Crippen LogP contribution < -0.4 is 9.47 Å². The Balaban J connectivity index is 0.00000162. The van der Waals surface area contributed by atoms with E-state index in [1.165, 1.54) is 0 Å². The highest BCUT2D eigenvalue weighted by molar-refractivity contribution is 8.93. The van der Waals surface area contributed by atoms with Crippen molar-refractivity contribution in [1.82, 2.24) is 4.98 Å². The maximum absolute atomic E-state index is 5.55. The van der Waals surface area contributed by atoms with E-state index in [1.807, 2.05) is 42.5 Å². The van der Waals surface area contributed by atoms with E-state index in [0.29, 0.717) is 13.2 Å². The summed E-state index contributed by atoms with van der Waals surface area (Å²) in [5.41, 5.74) is 0. The summed E-state index contributed by atoms with van der Waals surface area (Å²) >= 11 is 0. The molecule has 0 aliphatic rings. The Bertz CT molecular complexity index is 381. The van der Waals surface area contributed by atoms with Crippen LogP contribution in [0.1, 0.15) is 6.42 Å². The maximum Gasteiger partial charge on any atom is 0.137 e. The van der Waals surface area contributed by atoms with Gasteiger partial charge in [0, 0.05) is 12.6 Å². The van der Waals surface area contributed by atoms with Crippen LogP contribution >= 0.6 is 17.0 Å². The molecule has 4 heteroatoms. The first-order valence-electron chi connectivity index (χ1n) is 5.66. The fraction of sp³-hybridized carbons (Fsp3) is 0.214. The van der Waals surface area contributed by atoms with Crippen LogP contribution in [0.5, 0.6) is 11.5 Å². The van der Waals surface area contributed by atoms with Crippen LogP contribution in [0.25, 0.3) is 0 Å². The summed E-state index contributed by atoms with van der Waals surface area (Å²) in [6.07, 6.45) is 4.28. The number of hydrogen-bond acceptors (Lipinski definition) is 3. The minimum absolute atomic E-state index is 0. The van der Waals surface area contributed by atoms with E-state index >= 15 is 0 Å². The largest absolute Gasteiger partial charge is 0.493 e. The molecular weight excluding hydrogens is 294 g/mol. The molecule has 0 radical (unpaired) electrons. The molecular formula is C14H16BrNO2. The first-order chi connectivity index (χ1) is 8.45. The van der Waals surface area contributed by atoms with Crippen LogP contribution in [0.2, 0.25) is 0 Å². The highest BCUT2D eigenvalue weighted by atomic mass is 79.9. The van der Waals surface area contributed by atoms with Gasteiger partial charge in [0.25, 0.3) is 0 Å². The van der Waals surface area contributed by atoms with Gasteiger partial charge >= 0.3 is 0 Å². The normalized spacial score (nSPS) is 9.33. The van der Waals surface area contributed by atoms with Gasteiger partial charge in [-0.3, -0.25) is 4.98 Å². The smallest absolute Gasteiger partial charge is 0.137 e. The number of hydrogen-bond donors (Lipinski definition) is 0. The van der Waals surface area contributed by atoms with Crippen LogP contribution in [0, 0.1) is 0 Å². The van der Waals surface area contributed by atoms with Gasteiger partial charge in [0.15, 0.2) is 0 Å². The summed E-state index contributed by atoms with van der Waals surface area (Å²) in [6, 6.07) is 13.5. The molecule has 0 saturated carbocycles. The number of para-hydroxylation sites is 1. The number of aromatic nitrogens is 1. The maximum atomic E-state index is 5.55. The number of halogens is 1. The molecule has 0 saturated heterocycles. The molecule has 1 aromatic heterocycles. The molecule has 96 valence electrons. The third-order valence-electron chi connectivity index (χ3n) is 2.20. The Hall–Kier alpha value is -1.55. The Morgan fingerprint density at radius 2 is 1.50 bits per heavy atom. The molecule has 0 amide bonds. The van der Waals surface area contributed by atoms with Gasteiger partial charge < -0.3 is 9.47 Å². The highest BCUT2D eigenvalue weighted by Crippen LogP contribution is 2.09. The van der Waals surface area contributed by atoms with E-state index in [0.717, 1.165) is 17.9 Å². The van der Waals surface area contributed by atoms with Gasteiger partial charge in [-0.2, -0.15) is 0 Å². The molecule has 2 aromatic rings. The minimum Gasteiger partial charge on any atom is -0.493 e. The average Bonchev–Trinajstić information content (AvgIpc) is 2.41. The second kappa shape index (κ2) is 8.53. The van der Waals surface area contributed by atoms with Crippen molar-refractivity contribution in [3.63, 3.8) is 0 Å². The number of nitrogens with zero attached hydrogens (tertiary/aromatic N) is 1. The lowest BCUT2D eigenvalue weighted by molar-refractivity contribution is 0.247. The highest BCUT2D eigenvalue weighted by Gasteiger charge is 1.94. The van der Waals surface area contributed by atoms with Crippen LogP contribution in [0.3, 0.4) is 0 Å². The quantitative estimate of drug-likeness (QED) is 0.765. The van der Waals surface area contributed by atoms with E-state index in [-0.39, 0.29) is 17.0 Å². The molecule has 0 aliphatic carbocycles. The lowest BCUT2D eigenvalue weighted by atomic mass is 10.3. The minimum atomic E-state index is 0. The van der Waals surface area contributed by atoms with Crippen molar-refractivity contribution in [3.8, 4) is 11.5 Å². The molecule has 2 rings (SSSR count). The molecule has 0 unspecified atom stereocenters. The molecule has 3 nitrogen and oxygen atoms in total. The number of pyridine rings is 1. The van der Waals surface area contributed by atoms with Crippen LogP contribution in [0.4, 0.5) is 0 Å². The molecule has 0 aliphatic heterocycles. The Kier molecular flexibility index (Phi) is 6.87. The number of ether oxygens (including phenoxy) is 2. The first kappa shape index (κ1) is 14.5. The standard InChI is InChI=1S/C14H15NO2.BrH/c1-2-6-13(7-3-1)16-10-5-11-17-14-8-4-9-15-12-14;/h1-4,6-9,12H,5,10-11H2;1H. The summed E-state index contributed by atoms with van der Waals surface area (Å²) in [5.74, 6) is 1.70. The Morgan fingerprint density at radius 3 is 2.17 bits per heavy atom. The Morgan fingerprint density at radius 1 is 0.833 bits per heavy atom. The van der Waals surface area contributed by atoms with Gasteiger partial charge in [-0.1, -0.05) is 18.2 Å². The predicted molar refractivity (Wildman–Crippen MR) is 76.6 cm³/mol. The summed E-state index contributed by atoms with van der Waals surface area (Å²) in [7, 11) is 0. The third kappa shape index (κ3) is 5.19. The Labute approximate surface area is 118 Å². The van der Waals surface area contributed by atoms with E-state index < -0.39 is 0 Å². The van der Waals surface area contributed by atoms with E-state index in [2.05, 4.69) is 4.98 Å². The average molecular weight is 310 g/mol. The third-order valence-corrected chi connectivity index (χ3v) is 2.20. The van der Waals surface area contributed by atoms with Crippen LogP contribution in [0.15, 0.2) is 54.9 Å². The predicted octanol–water partition coefficient (Wildman–Crippen LogP) is 3.51. The zero-order chi connectivity index (χ0) is 11.8. The van der Waals surface area contributed by atoms with E-state index in [9.17, 15) is 0 Å². The van der Waals surface area contributed by atoms with Gasteiger partial charge in [0.1, 0.15) is 11.5 Å². The molecule has 18 heavy (non-hydrogen) atoms. The molecule has 0 atom stereocenters. The second-order valence-corrected chi connectivity index (χ2v) is 3.55. The molecule has 0 spiro atoms. The van der Waals surface area contributed by atoms with Gasteiger partial charge in [0.05, 0.1) is 19.4 Å². The van der Waals surface area contributed by atoms with Gasteiger partial charge in [-0.05, 0) is 24.3 Å². The van der Waals surface area contributed by atoms with Crippen molar-refractivity contribution in [3.05, 3.63) is 54.9 Å². The van der Waals surface area contributed by atoms with Crippen molar-refractivity contribution >= 4 is 17.0 Å². The van der Waals surface area contributed by atoms with Crippen LogP contribution in [-0.4, -0.2) is 18.2 Å². The summed E-state index contributed by atoms with van der Waals surface area (Å²) in [4.78, 5) is 3.97. The van der Waals surface area contributed by atoms with Crippen molar-refractivity contribution in [2.24, 2.45) is 0 Å². The molecule has 0 N–H and O–H groups in total. The lowest BCUT2D eigenvalue weighted by Crippen LogP contribution is -2.04.